The standard InChI is InChI=1S/C12H15NO8S/c1-3-21-12(16)11(15)10(14)8-5-4-7(22(2,19)20)6-9(8)13(17)18/h4-6,10-11,14-15H,3H2,1-2H3. The molecule has 22 heavy (non-hydrogen) atoms. The highest BCUT2D eigenvalue weighted by molar-refractivity contribution is 7.90. The number of aliphatic hydroxyl groups is 2. The minimum Gasteiger partial charge on any atom is -0.464 e. The van der Waals surface area contributed by atoms with Gasteiger partial charge in [0.2, 0.25) is 0 Å². The van der Waals surface area contributed by atoms with Crippen LogP contribution in [0.1, 0.15) is 18.6 Å². The molecule has 1 rings (SSSR count). The number of carbonyl (C=O) groups excluding carboxylic acids is 1. The van der Waals surface area contributed by atoms with Crippen LogP contribution in [0.4, 0.5) is 5.69 Å². The van der Waals surface area contributed by atoms with Gasteiger partial charge in [-0.2, -0.15) is 0 Å². The molecule has 0 aliphatic rings. The molecule has 0 radical (unpaired) electrons. The number of nitrogens with zero attached hydrogens (tertiary/aromatic N) is 1. The molecule has 2 unspecified atom stereocenters. The van der Waals surface area contributed by atoms with Crippen LogP contribution in [0.25, 0.3) is 0 Å². The van der Waals surface area contributed by atoms with Gasteiger partial charge < -0.3 is 14.9 Å². The summed E-state index contributed by atoms with van der Waals surface area (Å²) >= 11 is 0. The molecule has 0 saturated heterocycles. The van der Waals surface area contributed by atoms with Gasteiger partial charge in [0.05, 0.1) is 22.0 Å². The van der Waals surface area contributed by atoms with Crippen LogP contribution in [0.2, 0.25) is 0 Å². The van der Waals surface area contributed by atoms with E-state index in [9.17, 15) is 33.5 Å². The number of esters is 1. The monoisotopic (exact) mass is 333 g/mol. The fourth-order valence-electron chi connectivity index (χ4n) is 1.69. The molecule has 9 nitrogen and oxygen atoms in total. The van der Waals surface area contributed by atoms with E-state index >= 15 is 0 Å². The molecule has 0 aromatic heterocycles. The van der Waals surface area contributed by atoms with Gasteiger partial charge in [-0.15, -0.1) is 0 Å². The molecule has 0 aliphatic carbocycles. The van der Waals surface area contributed by atoms with Gasteiger partial charge in [0.1, 0.15) is 6.10 Å². The predicted molar refractivity (Wildman–Crippen MR) is 73.8 cm³/mol. The lowest BCUT2D eigenvalue weighted by atomic mass is 10.0. The highest BCUT2D eigenvalue weighted by Gasteiger charge is 2.32. The molecule has 1 aromatic rings. The van der Waals surface area contributed by atoms with Crippen LogP contribution in [0.15, 0.2) is 23.1 Å². The topological polar surface area (TPSA) is 144 Å². The van der Waals surface area contributed by atoms with Crippen LogP contribution in [-0.4, -0.2) is 48.5 Å². The molecule has 1 aromatic carbocycles. The van der Waals surface area contributed by atoms with Gasteiger partial charge in [-0.3, -0.25) is 10.1 Å². The maximum Gasteiger partial charge on any atom is 0.338 e. The molecular weight excluding hydrogens is 318 g/mol. The SMILES string of the molecule is CCOC(=O)C(O)C(O)c1ccc(S(C)(=O)=O)cc1[N+](=O)[O-]. The first kappa shape index (κ1) is 18.0. The third-order valence-electron chi connectivity index (χ3n) is 2.77. The summed E-state index contributed by atoms with van der Waals surface area (Å²) in [5.41, 5.74) is -1.11. The number of nitro benzene ring substituents is 1. The molecule has 0 fully saturated rings. The average molecular weight is 333 g/mol. The highest BCUT2D eigenvalue weighted by Crippen LogP contribution is 2.30. The molecule has 2 atom stereocenters. The molecule has 0 amide bonds. The first-order valence-electron chi connectivity index (χ1n) is 6.10. The van der Waals surface area contributed by atoms with Crippen molar-refractivity contribution in [1.29, 1.82) is 0 Å². The van der Waals surface area contributed by atoms with Gasteiger partial charge in [0, 0.05) is 12.3 Å². The highest BCUT2D eigenvalue weighted by atomic mass is 32.2. The number of sulfone groups is 1. The predicted octanol–water partition coefficient (Wildman–Crippen LogP) is -0.0443. The van der Waals surface area contributed by atoms with Crippen molar-refractivity contribution in [2.75, 3.05) is 12.9 Å². The lowest BCUT2D eigenvalue weighted by Gasteiger charge is -2.17. The minimum atomic E-state index is -3.69. The van der Waals surface area contributed by atoms with Crippen LogP contribution in [0.3, 0.4) is 0 Å². The molecule has 0 heterocycles. The number of benzene rings is 1. The van der Waals surface area contributed by atoms with E-state index in [1.165, 1.54) is 6.92 Å². The van der Waals surface area contributed by atoms with Crippen LogP contribution >= 0.6 is 0 Å². The Morgan fingerprint density at radius 3 is 2.45 bits per heavy atom. The summed E-state index contributed by atoms with van der Waals surface area (Å²) in [6, 6.07) is 2.77. The zero-order valence-electron chi connectivity index (χ0n) is 11.8. The summed E-state index contributed by atoms with van der Waals surface area (Å²) in [6.07, 6.45) is -3.08. The number of carbonyl (C=O) groups is 1. The Kier molecular flexibility index (Phi) is 5.58. The largest absolute Gasteiger partial charge is 0.464 e. The Morgan fingerprint density at radius 2 is 2.00 bits per heavy atom. The summed E-state index contributed by atoms with van der Waals surface area (Å²) in [5.74, 6) is -1.14. The van der Waals surface area contributed by atoms with Crippen molar-refractivity contribution in [3.63, 3.8) is 0 Å². The minimum absolute atomic E-state index is 0.0439. The van der Waals surface area contributed by atoms with Gasteiger partial charge in [-0.1, -0.05) is 0 Å². The summed E-state index contributed by atoms with van der Waals surface area (Å²) in [6.45, 7) is 1.44. The Morgan fingerprint density at radius 1 is 1.41 bits per heavy atom. The van der Waals surface area contributed by atoms with Crippen molar-refractivity contribution >= 4 is 21.5 Å². The van der Waals surface area contributed by atoms with E-state index in [0.29, 0.717) is 0 Å². The maximum atomic E-state index is 11.4. The van der Waals surface area contributed by atoms with Gasteiger partial charge >= 0.3 is 5.97 Å². The van der Waals surface area contributed by atoms with Crippen LogP contribution in [0, 0.1) is 10.1 Å². The number of hydrogen-bond donors (Lipinski definition) is 2. The Hall–Kier alpha value is -2.04. The number of hydrogen-bond acceptors (Lipinski definition) is 8. The molecule has 0 bridgehead atoms. The van der Waals surface area contributed by atoms with Crippen LogP contribution in [-0.2, 0) is 19.4 Å². The second-order valence-corrected chi connectivity index (χ2v) is 6.41. The van der Waals surface area contributed by atoms with Crippen molar-refractivity contribution in [2.24, 2.45) is 0 Å². The molecule has 0 saturated carbocycles. The first-order valence-corrected chi connectivity index (χ1v) is 8.00. The van der Waals surface area contributed by atoms with Gasteiger partial charge in [0.15, 0.2) is 15.9 Å². The second kappa shape index (κ2) is 6.81. The molecule has 2 N–H and O–H groups in total. The van der Waals surface area contributed by atoms with Gasteiger partial charge in [-0.05, 0) is 19.1 Å². The molecule has 0 aliphatic heterocycles. The van der Waals surface area contributed by atoms with Crippen LogP contribution < -0.4 is 0 Å². The average Bonchev–Trinajstić information content (AvgIpc) is 2.44. The molecule has 10 heteroatoms. The van der Waals surface area contributed by atoms with Crippen molar-refractivity contribution in [2.45, 2.75) is 24.0 Å². The third-order valence-corrected chi connectivity index (χ3v) is 3.88. The van der Waals surface area contributed by atoms with Crippen molar-refractivity contribution in [1.82, 2.24) is 0 Å². The maximum absolute atomic E-state index is 11.4. The van der Waals surface area contributed by atoms with Gasteiger partial charge in [0.25, 0.3) is 5.69 Å². The lowest BCUT2D eigenvalue weighted by Crippen LogP contribution is -2.30. The fraction of sp³-hybridized carbons (Fsp3) is 0.417. The molecule has 122 valence electrons. The van der Waals surface area contributed by atoms with Crippen molar-refractivity contribution in [3.8, 4) is 0 Å². The second-order valence-electron chi connectivity index (χ2n) is 4.39. The smallest absolute Gasteiger partial charge is 0.338 e. The number of rotatable bonds is 6. The Bertz CT molecular complexity index is 684. The van der Waals surface area contributed by atoms with E-state index in [-0.39, 0.29) is 11.5 Å². The zero-order chi connectivity index (χ0) is 17.1. The Balaban J connectivity index is 3.29. The summed E-state index contributed by atoms with van der Waals surface area (Å²) in [4.78, 5) is 21.2. The van der Waals surface area contributed by atoms with Crippen molar-refractivity contribution in [3.05, 3.63) is 33.9 Å². The molecule has 0 spiro atoms. The van der Waals surface area contributed by atoms with Crippen LogP contribution in [0.5, 0.6) is 0 Å². The van der Waals surface area contributed by atoms with E-state index < -0.39 is 44.2 Å². The number of aliphatic hydroxyl groups excluding tert-OH is 2. The summed E-state index contributed by atoms with van der Waals surface area (Å²) in [7, 11) is -3.69. The van der Waals surface area contributed by atoms with Gasteiger partial charge in [-0.25, -0.2) is 13.2 Å². The molecular formula is C12H15NO8S. The van der Waals surface area contributed by atoms with Crippen molar-refractivity contribution < 1.29 is 33.1 Å². The normalized spacial score (nSPS) is 14.2. The van der Waals surface area contributed by atoms with E-state index in [0.717, 1.165) is 24.5 Å². The van der Waals surface area contributed by atoms with E-state index in [1.807, 2.05) is 0 Å². The first-order chi connectivity index (χ1) is 10.1. The summed E-state index contributed by atoms with van der Waals surface area (Å²) < 4.78 is 27.3. The van der Waals surface area contributed by atoms with E-state index in [1.54, 1.807) is 0 Å². The zero-order valence-corrected chi connectivity index (χ0v) is 12.6. The van der Waals surface area contributed by atoms with E-state index in [2.05, 4.69) is 4.74 Å². The quantitative estimate of drug-likeness (QED) is 0.419. The third kappa shape index (κ3) is 4.00. The number of ether oxygens (including phenoxy) is 1. The summed E-state index contributed by atoms with van der Waals surface area (Å²) in [5, 5.41) is 30.6. The lowest BCUT2D eigenvalue weighted by molar-refractivity contribution is -0.386. The fourth-order valence-corrected chi connectivity index (χ4v) is 2.33. The van der Waals surface area contributed by atoms with E-state index in [4.69, 9.17) is 0 Å². The Labute approximate surface area is 126 Å². The number of nitro groups is 1.